The number of rotatable bonds is 9. The maximum absolute atomic E-state index is 14.8. The Morgan fingerprint density at radius 3 is 2.47 bits per heavy atom. The lowest BCUT2D eigenvalue weighted by molar-refractivity contribution is -0.124. The average Bonchev–Trinajstić information content (AvgIpc) is 3.09. The fourth-order valence-electron chi connectivity index (χ4n) is 5.43. The van der Waals surface area contributed by atoms with E-state index in [2.05, 4.69) is 21.4 Å². The van der Waals surface area contributed by atoms with Crippen molar-refractivity contribution in [3.05, 3.63) is 95.0 Å². The van der Waals surface area contributed by atoms with E-state index in [1.165, 1.54) is 49.1 Å². The van der Waals surface area contributed by atoms with E-state index in [4.69, 9.17) is 9.94 Å². The van der Waals surface area contributed by atoms with E-state index in [9.17, 15) is 29.2 Å². The zero-order chi connectivity index (χ0) is 33.5. The van der Waals surface area contributed by atoms with Crippen LogP contribution >= 0.6 is 0 Å². The van der Waals surface area contributed by atoms with E-state index >= 15 is 0 Å². The number of halogens is 2. The number of hydrogen-bond acceptors (Lipinski definition) is 10. The number of carbonyl (C=O) groups excluding carboxylic acids is 1. The molecule has 0 spiro atoms. The first-order chi connectivity index (χ1) is 22.8. The topological polar surface area (TPSA) is 167 Å². The molecule has 0 saturated carbocycles. The standard InChI is InChI=1S/C34H29F2N7O4/c1-47-31-6-5-21(14-30(31)44)26-18-41-34(25(16-38)33(26)22-3-4-23(15-37)27(35)13-22)43-10-8-24(9-11-43)39-19-29-28(36)12-20(17-40-29)2-7-32(45)42-46/h2-7,12-14,17-18,24,39,44,46H,8-11,19H2,1H3,(H,42,45)/b7-2+. The Hall–Kier alpha value is -5.89. The molecule has 0 atom stereocenters. The zero-order valence-corrected chi connectivity index (χ0v) is 25.2. The van der Waals surface area contributed by atoms with Crippen molar-refractivity contribution < 1.29 is 28.6 Å². The van der Waals surface area contributed by atoms with Crippen LogP contribution in [0, 0.1) is 34.3 Å². The summed E-state index contributed by atoms with van der Waals surface area (Å²) in [5, 5.41) is 42.0. The third-order valence-electron chi connectivity index (χ3n) is 7.87. The first-order valence-electron chi connectivity index (χ1n) is 14.5. The van der Waals surface area contributed by atoms with Crippen molar-refractivity contribution in [3.63, 3.8) is 0 Å². The Labute approximate surface area is 269 Å². The number of hydrogen-bond donors (Lipinski definition) is 4. The van der Waals surface area contributed by atoms with Gasteiger partial charge in [-0.1, -0.05) is 12.1 Å². The van der Waals surface area contributed by atoms with Gasteiger partial charge in [-0.15, -0.1) is 0 Å². The summed E-state index contributed by atoms with van der Waals surface area (Å²) in [7, 11) is 1.43. The monoisotopic (exact) mass is 637 g/mol. The Morgan fingerprint density at radius 2 is 1.83 bits per heavy atom. The van der Waals surface area contributed by atoms with E-state index in [0.29, 0.717) is 59.6 Å². The number of nitrogens with one attached hydrogen (secondary N) is 2. The number of hydroxylamine groups is 1. The molecule has 3 heterocycles. The highest BCUT2D eigenvalue weighted by molar-refractivity contribution is 5.91. The minimum atomic E-state index is -0.743. The summed E-state index contributed by atoms with van der Waals surface area (Å²) in [6.07, 6.45) is 6.69. The number of aromatic nitrogens is 2. The number of ether oxygens (including phenoxy) is 1. The molecule has 1 aliphatic heterocycles. The minimum Gasteiger partial charge on any atom is -0.504 e. The second-order valence-electron chi connectivity index (χ2n) is 10.7. The first kappa shape index (κ1) is 32.5. The molecule has 0 unspecified atom stereocenters. The molecule has 2 aromatic carbocycles. The molecule has 4 N–H and O–H groups in total. The summed E-state index contributed by atoms with van der Waals surface area (Å²) >= 11 is 0. The number of pyridine rings is 2. The summed E-state index contributed by atoms with van der Waals surface area (Å²) < 4.78 is 34.6. The third kappa shape index (κ3) is 7.17. The van der Waals surface area contributed by atoms with E-state index in [-0.39, 0.29) is 40.9 Å². The molecule has 0 aliphatic carbocycles. The van der Waals surface area contributed by atoms with Gasteiger partial charge in [-0.25, -0.2) is 19.2 Å². The number of anilines is 1. The number of nitriles is 2. The number of phenols is 1. The molecule has 238 valence electrons. The molecule has 1 fully saturated rings. The highest BCUT2D eigenvalue weighted by Crippen LogP contribution is 2.41. The molecule has 2 aromatic heterocycles. The van der Waals surface area contributed by atoms with Gasteiger partial charge in [-0.05, 0) is 65.9 Å². The molecule has 0 bridgehead atoms. The normalized spacial score (nSPS) is 13.3. The fourth-order valence-corrected chi connectivity index (χ4v) is 5.43. The van der Waals surface area contributed by atoms with Crippen molar-refractivity contribution in [2.45, 2.75) is 25.4 Å². The third-order valence-corrected chi connectivity index (χ3v) is 7.87. The second kappa shape index (κ2) is 14.5. The van der Waals surface area contributed by atoms with Crippen LogP contribution in [0.2, 0.25) is 0 Å². The summed E-state index contributed by atoms with van der Waals surface area (Å²) in [4.78, 5) is 21.9. The van der Waals surface area contributed by atoms with E-state index < -0.39 is 17.5 Å². The van der Waals surface area contributed by atoms with Crippen LogP contribution in [0.3, 0.4) is 0 Å². The molecule has 1 aliphatic rings. The van der Waals surface area contributed by atoms with Gasteiger partial charge in [-0.3, -0.25) is 15.0 Å². The molecule has 4 aromatic rings. The molecule has 11 nitrogen and oxygen atoms in total. The SMILES string of the molecule is COc1ccc(-c2cnc(N3CCC(NCc4ncc(/C=C/C(=O)NO)cc4F)CC3)c(C#N)c2-c2ccc(C#N)c(F)c2)cc1O. The van der Waals surface area contributed by atoms with Crippen molar-refractivity contribution in [2.24, 2.45) is 0 Å². The number of phenolic OH excluding ortho intramolecular Hbond substituents is 1. The van der Waals surface area contributed by atoms with Gasteiger partial charge < -0.3 is 20.1 Å². The lowest BCUT2D eigenvalue weighted by Gasteiger charge is -2.34. The van der Waals surface area contributed by atoms with Crippen LogP contribution in [0.4, 0.5) is 14.6 Å². The Bertz CT molecular complexity index is 1930. The number of carbonyl (C=O) groups is 1. The number of piperidine rings is 1. The zero-order valence-electron chi connectivity index (χ0n) is 25.2. The summed E-state index contributed by atoms with van der Waals surface area (Å²) in [6, 6.07) is 14.3. The molecular formula is C34H29F2N7O4. The number of benzene rings is 2. The maximum atomic E-state index is 14.8. The molecule has 47 heavy (non-hydrogen) atoms. The van der Waals surface area contributed by atoms with Crippen molar-refractivity contribution in [1.29, 1.82) is 10.5 Å². The molecule has 1 saturated heterocycles. The van der Waals surface area contributed by atoms with Gasteiger partial charge in [0, 0.05) is 55.3 Å². The molecule has 0 radical (unpaired) electrons. The number of nitrogens with zero attached hydrogens (tertiary/aromatic N) is 5. The average molecular weight is 638 g/mol. The van der Waals surface area contributed by atoms with Gasteiger partial charge in [0.1, 0.15) is 35.2 Å². The van der Waals surface area contributed by atoms with Crippen LogP contribution in [0.5, 0.6) is 11.5 Å². The second-order valence-corrected chi connectivity index (χ2v) is 10.7. The molecular weight excluding hydrogens is 608 g/mol. The summed E-state index contributed by atoms with van der Waals surface area (Å²) in [5.74, 6) is -1.45. The quantitative estimate of drug-likeness (QED) is 0.113. The van der Waals surface area contributed by atoms with Crippen molar-refractivity contribution >= 4 is 17.8 Å². The molecule has 13 heteroatoms. The first-order valence-corrected chi connectivity index (χ1v) is 14.5. The van der Waals surface area contributed by atoms with Gasteiger partial charge in [-0.2, -0.15) is 10.5 Å². The smallest absolute Gasteiger partial charge is 0.267 e. The maximum Gasteiger partial charge on any atom is 0.267 e. The van der Waals surface area contributed by atoms with Crippen LogP contribution in [0.25, 0.3) is 28.3 Å². The van der Waals surface area contributed by atoms with Gasteiger partial charge in [0.15, 0.2) is 11.5 Å². The van der Waals surface area contributed by atoms with Crippen LogP contribution < -0.4 is 20.4 Å². The van der Waals surface area contributed by atoms with Crippen molar-refractivity contribution in [2.75, 3.05) is 25.1 Å². The van der Waals surface area contributed by atoms with Gasteiger partial charge in [0.05, 0.1) is 18.4 Å². The van der Waals surface area contributed by atoms with Gasteiger partial charge in [0.25, 0.3) is 5.91 Å². The van der Waals surface area contributed by atoms with Crippen LogP contribution in [0.15, 0.2) is 60.9 Å². The number of aromatic hydroxyl groups is 1. The van der Waals surface area contributed by atoms with Crippen molar-refractivity contribution in [3.8, 4) is 45.9 Å². The van der Waals surface area contributed by atoms with Gasteiger partial charge in [0.2, 0.25) is 0 Å². The van der Waals surface area contributed by atoms with Gasteiger partial charge >= 0.3 is 0 Å². The Morgan fingerprint density at radius 1 is 1.06 bits per heavy atom. The van der Waals surface area contributed by atoms with Crippen LogP contribution in [-0.2, 0) is 11.3 Å². The lowest BCUT2D eigenvalue weighted by Crippen LogP contribution is -2.43. The predicted molar refractivity (Wildman–Crippen MR) is 168 cm³/mol. The Balaban J connectivity index is 1.37. The fraction of sp³-hybridized carbons (Fsp3) is 0.206. The van der Waals surface area contributed by atoms with E-state index in [1.807, 2.05) is 11.0 Å². The number of methoxy groups -OCH3 is 1. The number of amides is 1. The highest BCUT2D eigenvalue weighted by Gasteiger charge is 2.26. The largest absolute Gasteiger partial charge is 0.504 e. The highest BCUT2D eigenvalue weighted by atomic mass is 19.1. The van der Waals surface area contributed by atoms with Crippen LogP contribution in [-0.4, -0.2) is 52.4 Å². The van der Waals surface area contributed by atoms with E-state index in [1.54, 1.807) is 24.4 Å². The molecule has 5 rings (SSSR count). The summed E-state index contributed by atoms with van der Waals surface area (Å²) in [5.41, 5.74) is 3.91. The Kier molecular flexibility index (Phi) is 10.0. The lowest BCUT2D eigenvalue weighted by atomic mass is 9.91. The van der Waals surface area contributed by atoms with E-state index in [0.717, 1.165) is 6.08 Å². The van der Waals surface area contributed by atoms with Crippen LogP contribution in [0.1, 0.15) is 35.2 Å². The predicted octanol–water partition coefficient (Wildman–Crippen LogP) is 4.82. The summed E-state index contributed by atoms with van der Waals surface area (Å²) in [6.45, 7) is 1.22. The molecule has 1 amide bonds. The van der Waals surface area contributed by atoms with Crippen molar-refractivity contribution in [1.82, 2.24) is 20.8 Å². The minimum absolute atomic E-state index is 0.0273.